The Labute approximate surface area is 101 Å². The van der Waals surface area contributed by atoms with Crippen LogP contribution in [0.5, 0.6) is 0 Å². The predicted molar refractivity (Wildman–Crippen MR) is 64.1 cm³/mol. The van der Waals surface area contributed by atoms with Crippen molar-refractivity contribution in [3.63, 3.8) is 0 Å². The van der Waals surface area contributed by atoms with Crippen LogP contribution >= 0.6 is 0 Å². The third kappa shape index (κ3) is 7.87. The Bertz CT molecular complexity index is 408. The maximum Gasteiger partial charge on any atom is 0.294 e. The average Bonchev–Trinajstić information content (AvgIpc) is 2.17. The second kappa shape index (κ2) is 7.39. The first-order valence-electron chi connectivity index (χ1n) is 5.17. The number of benzene rings is 1. The summed E-state index contributed by atoms with van der Waals surface area (Å²) >= 11 is 0. The minimum Gasteiger partial charge on any atom is -0.368 e. The molecule has 0 aliphatic carbocycles. The average molecular weight is 262 g/mol. The number of hydrogen-bond donors (Lipinski definition) is 3. The number of aliphatic hydroxyl groups is 2. The standard InChI is InChI=1S/C7H8O3S.C4H10O2/c1-6-2-4-7(5-3-6)11(8,9)10;1-2-3-4(5)6/h2-5H,1H3,(H,8,9,10);4-6H,2-3H2,1H3. The van der Waals surface area contributed by atoms with Gasteiger partial charge in [-0.15, -0.1) is 0 Å². The van der Waals surface area contributed by atoms with Gasteiger partial charge in [-0.25, -0.2) is 0 Å². The van der Waals surface area contributed by atoms with E-state index in [2.05, 4.69) is 0 Å². The first-order valence-corrected chi connectivity index (χ1v) is 6.61. The highest BCUT2D eigenvalue weighted by Crippen LogP contribution is 2.08. The van der Waals surface area contributed by atoms with Crippen molar-refractivity contribution in [1.82, 2.24) is 0 Å². The van der Waals surface area contributed by atoms with Crippen LogP contribution in [-0.2, 0) is 10.1 Å². The van der Waals surface area contributed by atoms with Gasteiger partial charge in [-0.1, -0.05) is 31.0 Å². The summed E-state index contributed by atoms with van der Waals surface area (Å²) in [5, 5.41) is 16.2. The maximum atomic E-state index is 10.5. The van der Waals surface area contributed by atoms with Crippen molar-refractivity contribution in [3.05, 3.63) is 29.8 Å². The van der Waals surface area contributed by atoms with E-state index in [1.165, 1.54) is 12.1 Å². The molecule has 0 fully saturated rings. The molecule has 0 spiro atoms. The highest BCUT2D eigenvalue weighted by molar-refractivity contribution is 7.85. The summed E-state index contributed by atoms with van der Waals surface area (Å²) in [5.74, 6) is 0. The Balaban J connectivity index is 0.000000366. The summed E-state index contributed by atoms with van der Waals surface area (Å²) in [6.07, 6.45) is 0.215. The number of hydrogen-bond acceptors (Lipinski definition) is 4. The molecule has 5 nitrogen and oxygen atoms in total. The van der Waals surface area contributed by atoms with E-state index in [4.69, 9.17) is 14.8 Å². The Hall–Kier alpha value is -0.950. The van der Waals surface area contributed by atoms with E-state index >= 15 is 0 Å². The lowest BCUT2D eigenvalue weighted by atomic mass is 10.2. The van der Waals surface area contributed by atoms with E-state index in [9.17, 15) is 8.42 Å². The van der Waals surface area contributed by atoms with E-state index in [-0.39, 0.29) is 4.90 Å². The van der Waals surface area contributed by atoms with Crippen molar-refractivity contribution in [2.75, 3.05) is 0 Å². The fourth-order valence-corrected chi connectivity index (χ4v) is 1.45. The summed E-state index contributed by atoms with van der Waals surface area (Å²) < 4.78 is 29.6. The van der Waals surface area contributed by atoms with Crippen LogP contribution in [0.1, 0.15) is 25.3 Å². The summed E-state index contributed by atoms with van der Waals surface area (Å²) in [7, 11) is -4.02. The molecular formula is C11H18O5S. The molecule has 1 aromatic carbocycles. The molecule has 0 bridgehead atoms. The van der Waals surface area contributed by atoms with Crippen molar-refractivity contribution in [1.29, 1.82) is 0 Å². The number of rotatable bonds is 3. The predicted octanol–water partition coefficient (Wildman–Crippen LogP) is 1.34. The van der Waals surface area contributed by atoms with Gasteiger partial charge in [0.2, 0.25) is 0 Å². The molecule has 1 aromatic rings. The zero-order chi connectivity index (χ0) is 13.5. The minimum absolute atomic E-state index is 0.0666. The summed E-state index contributed by atoms with van der Waals surface area (Å²) in [5.41, 5.74) is 0.956. The van der Waals surface area contributed by atoms with Crippen molar-refractivity contribution < 1.29 is 23.2 Å². The van der Waals surface area contributed by atoms with Gasteiger partial charge in [0, 0.05) is 0 Å². The maximum absolute atomic E-state index is 10.5. The van der Waals surface area contributed by atoms with E-state index in [0.717, 1.165) is 12.0 Å². The van der Waals surface area contributed by atoms with E-state index in [1.54, 1.807) is 12.1 Å². The Morgan fingerprint density at radius 3 is 1.88 bits per heavy atom. The molecule has 0 aromatic heterocycles. The smallest absolute Gasteiger partial charge is 0.294 e. The van der Waals surface area contributed by atoms with Gasteiger partial charge in [-0.05, 0) is 25.5 Å². The van der Waals surface area contributed by atoms with E-state index < -0.39 is 16.4 Å². The molecule has 6 heteroatoms. The lowest BCUT2D eigenvalue weighted by Crippen LogP contribution is -2.01. The molecule has 0 aliphatic rings. The molecule has 0 radical (unpaired) electrons. The molecule has 0 unspecified atom stereocenters. The molecule has 0 amide bonds. The molecular weight excluding hydrogens is 244 g/mol. The van der Waals surface area contributed by atoms with Gasteiger partial charge in [-0.3, -0.25) is 4.55 Å². The summed E-state index contributed by atoms with van der Waals surface area (Å²) in [6.45, 7) is 3.74. The quantitative estimate of drug-likeness (QED) is 0.564. The highest BCUT2D eigenvalue weighted by atomic mass is 32.2. The third-order valence-electron chi connectivity index (χ3n) is 1.87. The van der Waals surface area contributed by atoms with Crippen molar-refractivity contribution in [3.8, 4) is 0 Å². The molecule has 3 N–H and O–H groups in total. The molecule has 98 valence electrons. The lowest BCUT2D eigenvalue weighted by Gasteiger charge is -1.95. The van der Waals surface area contributed by atoms with Gasteiger partial charge in [0.15, 0.2) is 6.29 Å². The zero-order valence-corrected chi connectivity index (χ0v) is 10.7. The molecule has 0 atom stereocenters. The summed E-state index contributed by atoms with van der Waals surface area (Å²) in [4.78, 5) is -0.0666. The molecule has 0 saturated heterocycles. The Kier molecular flexibility index (Phi) is 6.98. The lowest BCUT2D eigenvalue weighted by molar-refractivity contribution is -0.0453. The second-order valence-corrected chi connectivity index (χ2v) is 4.98. The van der Waals surface area contributed by atoms with Crippen LogP contribution in [0.15, 0.2) is 29.2 Å². The van der Waals surface area contributed by atoms with Crippen LogP contribution in [0.25, 0.3) is 0 Å². The van der Waals surface area contributed by atoms with Crippen molar-refractivity contribution >= 4 is 10.1 Å². The van der Waals surface area contributed by atoms with Gasteiger partial charge < -0.3 is 10.2 Å². The van der Waals surface area contributed by atoms with Crippen LogP contribution in [0.2, 0.25) is 0 Å². The fourth-order valence-electron chi connectivity index (χ4n) is 0.968. The van der Waals surface area contributed by atoms with Crippen molar-refractivity contribution in [2.45, 2.75) is 37.9 Å². The Morgan fingerprint density at radius 2 is 1.65 bits per heavy atom. The monoisotopic (exact) mass is 262 g/mol. The van der Waals surface area contributed by atoms with Crippen LogP contribution in [0.3, 0.4) is 0 Å². The molecule has 0 saturated carbocycles. The highest BCUT2D eigenvalue weighted by Gasteiger charge is 2.06. The molecule has 0 aliphatic heterocycles. The number of aryl methyl sites for hydroxylation is 1. The minimum atomic E-state index is -4.02. The zero-order valence-electron chi connectivity index (χ0n) is 9.87. The fraction of sp³-hybridized carbons (Fsp3) is 0.455. The van der Waals surface area contributed by atoms with Crippen LogP contribution < -0.4 is 0 Å². The largest absolute Gasteiger partial charge is 0.368 e. The van der Waals surface area contributed by atoms with Gasteiger partial charge in [0.05, 0.1) is 4.90 Å². The van der Waals surface area contributed by atoms with Gasteiger partial charge >= 0.3 is 0 Å². The molecule has 1 rings (SSSR count). The first-order chi connectivity index (χ1) is 7.77. The summed E-state index contributed by atoms with van der Waals surface area (Å²) in [6, 6.07) is 5.99. The molecule has 17 heavy (non-hydrogen) atoms. The van der Waals surface area contributed by atoms with Crippen LogP contribution in [0.4, 0.5) is 0 Å². The van der Waals surface area contributed by atoms with Crippen LogP contribution in [0, 0.1) is 6.92 Å². The van der Waals surface area contributed by atoms with Gasteiger partial charge in [0.1, 0.15) is 0 Å². The second-order valence-electron chi connectivity index (χ2n) is 3.56. The first kappa shape index (κ1) is 16.1. The van der Waals surface area contributed by atoms with Gasteiger partial charge in [-0.2, -0.15) is 8.42 Å². The number of aliphatic hydroxyl groups excluding tert-OH is 1. The van der Waals surface area contributed by atoms with Crippen molar-refractivity contribution in [2.24, 2.45) is 0 Å². The van der Waals surface area contributed by atoms with E-state index in [0.29, 0.717) is 6.42 Å². The normalized spacial score (nSPS) is 10.9. The van der Waals surface area contributed by atoms with E-state index in [1.807, 2.05) is 13.8 Å². The topological polar surface area (TPSA) is 94.8 Å². The molecule has 0 heterocycles. The third-order valence-corrected chi connectivity index (χ3v) is 2.73. The van der Waals surface area contributed by atoms with Crippen LogP contribution in [-0.4, -0.2) is 29.5 Å². The SMILES string of the molecule is CCCC(O)O.Cc1ccc(S(=O)(=O)O)cc1. The van der Waals surface area contributed by atoms with Gasteiger partial charge in [0.25, 0.3) is 10.1 Å². The Morgan fingerprint density at radius 1 is 1.18 bits per heavy atom.